The molecule has 3 aliphatic carbocycles. The summed E-state index contributed by atoms with van der Waals surface area (Å²) in [5.41, 5.74) is -1.05. The lowest BCUT2D eigenvalue weighted by molar-refractivity contribution is -0.178. The van der Waals surface area contributed by atoms with Crippen molar-refractivity contribution in [2.24, 2.45) is 22.7 Å². The molecule has 0 N–H and O–H groups in total. The predicted octanol–water partition coefficient (Wildman–Crippen LogP) is 5.09. The smallest absolute Gasteiger partial charge is 0.159 e. The monoisotopic (exact) mass is 304 g/mol. The van der Waals surface area contributed by atoms with Gasteiger partial charge in [0.1, 0.15) is 0 Å². The van der Waals surface area contributed by atoms with Gasteiger partial charge in [-0.1, -0.05) is 39.5 Å². The molecule has 2 spiro atoms. The molecule has 0 aromatic heterocycles. The van der Waals surface area contributed by atoms with Crippen LogP contribution in [-0.4, -0.2) is 11.6 Å². The zero-order valence-corrected chi connectivity index (χ0v) is 14.5. The van der Waals surface area contributed by atoms with Crippen LogP contribution in [0.15, 0.2) is 0 Å². The van der Waals surface area contributed by atoms with Crippen LogP contribution in [0.2, 0.25) is 0 Å². The molecule has 0 saturated heterocycles. The van der Waals surface area contributed by atoms with Crippen molar-refractivity contribution in [2.45, 2.75) is 90.9 Å². The fourth-order valence-electron chi connectivity index (χ4n) is 5.70. The number of Topliss-reactive ketones (excluding diaryl/α,β-unsaturated/α-hetero) is 2. The number of carbonyl (C=O) groups is 2. The highest BCUT2D eigenvalue weighted by Gasteiger charge is 2.70. The van der Waals surface area contributed by atoms with E-state index in [1.54, 1.807) is 0 Å². The van der Waals surface area contributed by atoms with Crippen LogP contribution in [0.4, 0.5) is 0 Å². The molecular weight excluding hydrogens is 272 g/mol. The molecule has 0 amide bonds. The summed E-state index contributed by atoms with van der Waals surface area (Å²) in [6.45, 7) is 4.46. The molecule has 0 unspecified atom stereocenters. The highest BCUT2D eigenvalue weighted by molar-refractivity contribution is 6.30. The van der Waals surface area contributed by atoms with E-state index in [0.717, 1.165) is 63.2 Å². The van der Waals surface area contributed by atoms with E-state index < -0.39 is 10.8 Å². The van der Waals surface area contributed by atoms with Crippen molar-refractivity contribution in [1.29, 1.82) is 0 Å². The summed E-state index contributed by atoms with van der Waals surface area (Å²) in [6, 6.07) is 0. The zero-order chi connectivity index (χ0) is 15.8. The van der Waals surface area contributed by atoms with E-state index >= 15 is 0 Å². The van der Waals surface area contributed by atoms with Crippen molar-refractivity contribution in [1.82, 2.24) is 0 Å². The first-order valence-electron chi connectivity index (χ1n) is 9.69. The van der Waals surface area contributed by atoms with Gasteiger partial charge >= 0.3 is 0 Å². The van der Waals surface area contributed by atoms with Crippen molar-refractivity contribution in [3.05, 3.63) is 0 Å². The second kappa shape index (κ2) is 6.09. The Kier molecular flexibility index (Phi) is 4.49. The molecule has 0 aromatic carbocycles. The summed E-state index contributed by atoms with van der Waals surface area (Å²) >= 11 is 0. The van der Waals surface area contributed by atoms with E-state index in [1.165, 1.54) is 25.7 Å². The van der Waals surface area contributed by atoms with Gasteiger partial charge in [-0.3, -0.25) is 9.59 Å². The van der Waals surface area contributed by atoms with Gasteiger partial charge in [0.2, 0.25) is 0 Å². The Hall–Kier alpha value is -0.660. The highest BCUT2D eigenvalue weighted by atomic mass is 16.2. The highest BCUT2D eigenvalue weighted by Crippen LogP contribution is 2.61. The van der Waals surface area contributed by atoms with Crippen LogP contribution in [0.1, 0.15) is 90.9 Å². The molecule has 3 rings (SSSR count). The van der Waals surface area contributed by atoms with E-state index in [9.17, 15) is 9.59 Å². The van der Waals surface area contributed by atoms with Gasteiger partial charge in [-0.25, -0.2) is 0 Å². The lowest BCUT2D eigenvalue weighted by Crippen LogP contribution is -2.68. The minimum absolute atomic E-state index is 0.356. The fourth-order valence-corrected chi connectivity index (χ4v) is 5.70. The lowest BCUT2D eigenvalue weighted by Gasteiger charge is -2.57. The van der Waals surface area contributed by atoms with Crippen LogP contribution in [0.25, 0.3) is 0 Å². The van der Waals surface area contributed by atoms with Gasteiger partial charge in [0.15, 0.2) is 11.6 Å². The third-order valence-corrected chi connectivity index (χ3v) is 7.05. The van der Waals surface area contributed by atoms with Crippen molar-refractivity contribution >= 4 is 11.6 Å². The maximum atomic E-state index is 13.0. The third-order valence-electron chi connectivity index (χ3n) is 7.05. The van der Waals surface area contributed by atoms with Gasteiger partial charge in [0.25, 0.3) is 0 Å². The van der Waals surface area contributed by atoms with Gasteiger partial charge < -0.3 is 0 Å². The number of hydrogen-bond donors (Lipinski definition) is 0. The molecule has 3 saturated carbocycles. The molecule has 124 valence electrons. The largest absolute Gasteiger partial charge is 0.297 e. The molecular formula is C20H32O2. The SMILES string of the molecule is CCCC1CCC2(CC1)C(=O)C1(CCC(CCC)CC1)C2=O. The minimum atomic E-state index is -0.526. The summed E-state index contributed by atoms with van der Waals surface area (Å²) < 4.78 is 0. The Labute approximate surface area is 135 Å². The Morgan fingerprint density at radius 3 is 1.32 bits per heavy atom. The standard InChI is InChI=1S/C20H32O2/c1-3-5-15-7-11-19(12-8-15)17(21)20(18(19)22)13-9-16(6-4-2)10-14-20/h15-16H,3-14H2,1-2H3. The topological polar surface area (TPSA) is 34.1 Å². The van der Waals surface area contributed by atoms with Gasteiger partial charge in [0, 0.05) is 0 Å². The number of carbonyl (C=O) groups excluding carboxylic acids is 2. The maximum Gasteiger partial charge on any atom is 0.159 e. The Morgan fingerprint density at radius 1 is 0.727 bits per heavy atom. The summed E-state index contributed by atoms with van der Waals surface area (Å²) in [5.74, 6) is 2.23. The van der Waals surface area contributed by atoms with Gasteiger partial charge in [0.05, 0.1) is 10.8 Å². The molecule has 0 atom stereocenters. The summed E-state index contributed by atoms with van der Waals surface area (Å²) in [7, 11) is 0. The molecule has 0 radical (unpaired) electrons. The first-order chi connectivity index (χ1) is 10.6. The van der Waals surface area contributed by atoms with Crippen molar-refractivity contribution < 1.29 is 9.59 Å². The molecule has 22 heavy (non-hydrogen) atoms. The van der Waals surface area contributed by atoms with Crippen LogP contribution in [0, 0.1) is 22.7 Å². The first-order valence-corrected chi connectivity index (χ1v) is 9.69. The number of rotatable bonds is 4. The Balaban J connectivity index is 1.63. The van der Waals surface area contributed by atoms with Crippen molar-refractivity contribution in [2.75, 3.05) is 0 Å². The maximum absolute atomic E-state index is 13.0. The average Bonchev–Trinajstić information content (AvgIpc) is 2.56. The van der Waals surface area contributed by atoms with Gasteiger partial charge in [-0.2, -0.15) is 0 Å². The third kappa shape index (κ3) is 2.29. The molecule has 2 heteroatoms. The molecule has 3 fully saturated rings. The average molecular weight is 304 g/mol. The summed E-state index contributed by atoms with van der Waals surface area (Å²) in [4.78, 5) is 26.1. The van der Waals surface area contributed by atoms with E-state index in [1.807, 2.05) is 0 Å². The molecule has 0 aliphatic heterocycles. The van der Waals surface area contributed by atoms with Crippen LogP contribution in [0.5, 0.6) is 0 Å². The normalized spacial score (nSPS) is 41.9. The Morgan fingerprint density at radius 2 is 1.05 bits per heavy atom. The van der Waals surface area contributed by atoms with E-state index in [-0.39, 0.29) is 0 Å². The summed E-state index contributed by atoms with van der Waals surface area (Å²) in [5, 5.41) is 0. The molecule has 3 aliphatic rings. The van der Waals surface area contributed by atoms with Crippen LogP contribution < -0.4 is 0 Å². The fraction of sp³-hybridized carbons (Fsp3) is 0.900. The van der Waals surface area contributed by atoms with Crippen LogP contribution in [0.3, 0.4) is 0 Å². The van der Waals surface area contributed by atoms with Gasteiger partial charge in [-0.05, 0) is 63.2 Å². The number of ketones is 2. The minimum Gasteiger partial charge on any atom is -0.297 e. The lowest BCUT2D eigenvalue weighted by atomic mass is 9.42. The van der Waals surface area contributed by atoms with E-state index in [0.29, 0.717) is 11.6 Å². The van der Waals surface area contributed by atoms with Crippen molar-refractivity contribution in [3.8, 4) is 0 Å². The molecule has 0 aromatic rings. The second-order valence-corrected chi connectivity index (χ2v) is 8.29. The first kappa shape index (κ1) is 16.2. The van der Waals surface area contributed by atoms with Crippen LogP contribution in [-0.2, 0) is 9.59 Å². The Bertz CT molecular complexity index is 377. The molecule has 0 heterocycles. The number of hydrogen-bond acceptors (Lipinski definition) is 2. The van der Waals surface area contributed by atoms with E-state index in [4.69, 9.17) is 0 Å². The molecule has 0 bridgehead atoms. The zero-order valence-electron chi connectivity index (χ0n) is 14.5. The molecule has 2 nitrogen and oxygen atoms in total. The second-order valence-electron chi connectivity index (χ2n) is 8.29. The predicted molar refractivity (Wildman–Crippen MR) is 88.6 cm³/mol. The summed E-state index contributed by atoms with van der Waals surface area (Å²) in [6.07, 6.45) is 12.8. The quantitative estimate of drug-likeness (QED) is 0.678. The van der Waals surface area contributed by atoms with Crippen molar-refractivity contribution in [3.63, 3.8) is 0 Å². The van der Waals surface area contributed by atoms with Crippen LogP contribution >= 0.6 is 0 Å². The van der Waals surface area contributed by atoms with Gasteiger partial charge in [-0.15, -0.1) is 0 Å². The van der Waals surface area contributed by atoms with E-state index in [2.05, 4.69) is 13.8 Å².